The Morgan fingerprint density at radius 3 is 2.80 bits per heavy atom. The lowest BCUT2D eigenvalue weighted by Crippen LogP contribution is -2.05. The highest BCUT2D eigenvalue weighted by Crippen LogP contribution is 2.26. The number of Topliss-reactive ketones (excluding diaryl/α,β-unsaturated/α-hetero) is 1. The number of benzene rings is 2. The van der Waals surface area contributed by atoms with Gasteiger partial charge in [-0.25, -0.2) is 8.78 Å². The molecule has 1 heterocycles. The molecule has 0 N–H and O–H groups in total. The van der Waals surface area contributed by atoms with Crippen LogP contribution in [0.4, 0.5) is 8.78 Å². The first-order valence-corrected chi connectivity index (χ1v) is 6.36. The van der Waals surface area contributed by atoms with Gasteiger partial charge in [0.25, 0.3) is 0 Å². The predicted octanol–water partition coefficient (Wildman–Crippen LogP) is 3.33. The van der Waals surface area contributed by atoms with Crippen molar-refractivity contribution in [1.82, 2.24) is 0 Å². The molecule has 0 aromatic heterocycles. The number of fused-ring (bicyclic) bond motifs is 1. The van der Waals surface area contributed by atoms with Gasteiger partial charge >= 0.3 is 0 Å². The fourth-order valence-corrected chi connectivity index (χ4v) is 2.30. The molecule has 2 nitrogen and oxygen atoms in total. The SMILES string of the molecule is O=C(Cc1ccc(F)cc1F)c1ccc2c(c1)CCO2. The fourth-order valence-electron chi connectivity index (χ4n) is 2.30. The molecule has 0 saturated heterocycles. The summed E-state index contributed by atoms with van der Waals surface area (Å²) in [7, 11) is 0. The molecule has 20 heavy (non-hydrogen) atoms. The van der Waals surface area contributed by atoms with Crippen LogP contribution in [0.2, 0.25) is 0 Å². The van der Waals surface area contributed by atoms with E-state index in [2.05, 4.69) is 0 Å². The molecular formula is C16H12F2O2. The van der Waals surface area contributed by atoms with Crippen LogP contribution >= 0.6 is 0 Å². The van der Waals surface area contributed by atoms with Crippen LogP contribution in [0.25, 0.3) is 0 Å². The molecule has 1 aliphatic heterocycles. The third-order valence-corrected chi connectivity index (χ3v) is 3.38. The third-order valence-electron chi connectivity index (χ3n) is 3.38. The second-order valence-corrected chi connectivity index (χ2v) is 4.76. The van der Waals surface area contributed by atoms with Gasteiger partial charge in [0, 0.05) is 24.5 Å². The number of carbonyl (C=O) groups excluding carboxylic acids is 1. The van der Waals surface area contributed by atoms with Gasteiger partial charge in [0.1, 0.15) is 17.4 Å². The molecule has 3 rings (SSSR count). The Morgan fingerprint density at radius 1 is 1.15 bits per heavy atom. The largest absolute Gasteiger partial charge is 0.493 e. The molecule has 0 unspecified atom stereocenters. The van der Waals surface area contributed by atoms with Gasteiger partial charge in [-0.15, -0.1) is 0 Å². The highest BCUT2D eigenvalue weighted by atomic mass is 19.1. The first-order chi connectivity index (χ1) is 9.63. The molecular weight excluding hydrogens is 262 g/mol. The van der Waals surface area contributed by atoms with Crippen LogP contribution in [0, 0.1) is 11.6 Å². The molecule has 2 aromatic carbocycles. The lowest BCUT2D eigenvalue weighted by Gasteiger charge is -2.05. The van der Waals surface area contributed by atoms with E-state index in [1.165, 1.54) is 6.07 Å². The Labute approximate surface area is 115 Å². The molecule has 2 aromatic rings. The lowest BCUT2D eigenvalue weighted by atomic mass is 10.00. The first kappa shape index (κ1) is 12.8. The molecule has 0 aliphatic carbocycles. The molecule has 0 atom stereocenters. The molecule has 102 valence electrons. The second-order valence-electron chi connectivity index (χ2n) is 4.76. The van der Waals surface area contributed by atoms with Gasteiger partial charge in [-0.1, -0.05) is 6.07 Å². The zero-order valence-electron chi connectivity index (χ0n) is 10.7. The van der Waals surface area contributed by atoms with Crippen molar-refractivity contribution in [3.8, 4) is 5.75 Å². The van der Waals surface area contributed by atoms with E-state index in [1.54, 1.807) is 18.2 Å². The number of ether oxygens (including phenoxy) is 1. The minimum absolute atomic E-state index is 0.0776. The van der Waals surface area contributed by atoms with E-state index in [-0.39, 0.29) is 17.8 Å². The average molecular weight is 274 g/mol. The van der Waals surface area contributed by atoms with Crippen molar-refractivity contribution in [1.29, 1.82) is 0 Å². The summed E-state index contributed by atoms with van der Waals surface area (Å²) in [6.07, 6.45) is 0.702. The summed E-state index contributed by atoms with van der Waals surface area (Å²) in [5.74, 6) is -0.726. The van der Waals surface area contributed by atoms with E-state index < -0.39 is 11.6 Å². The molecule has 0 amide bonds. The van der Waals surface area contributed by atoms with Gasteiger partial charge in [0.15, 0.2) is 5.78 Å². The number of halogens is 2. The number of carbonyl (C=O) groups is 1. The van der Waals surface area contributed by atoms with Gasteiger partial charge in [-0.2, -0.15) is 0 Å². The summed E-state index contributed by atoms with van der Waals surface area (Å²) in [6.45, 7) is 0.625. The van der Waals surface area contributed by atoms with Crippen LogP contribution < -0.4 is 4.74 Å². The van der Waals surface area contributed by atoms with E-state index >= 15 is 0 Å². The van der Waals surface area contributed by atoms with Crippen LogP contribution in [-0.2, 0) is 12.8 Å². The van der Waals surface area contributed by atoms with Crippen LogP contribution in [0.15, 0.2) is 36.4 Å². The minimum Gasteiger partial charge on any atom is -0.493 e. The van der Waals surface area contributed by atoms with E-state index in [4.69, 9.17) is 4.74 Å². The zero-order chi connectivity index (χ0) is 14.1. The summed E-state index contributed by atoms with van der Waals surface area (Å²) in [6, 6.07) is 8.47. The Balaban J connectivity index is 1.82. The van der Waals surface area contributed by atoms with Gasteiger partial charge in [-0.05, 0) is 35.4 Å². The van der Waals surface area contributed by atoms with E-state index in [0.29, 0.717) is 12.2 Å². The first-order valence-electron chi connectivity index (χ1n) is 6.36. The Morgan fingerprint density at radius 2 is 2.00 bits per heavy atom. The van der Waals surface area contributed by atoms with E-state index in [9.17, 15) is 13.6 Å². The molecule has 0 radical (unpaired) electrons. The maximum Gasteiger partial charge on any atom is 0.167 e. The fraction of sp³-hybridized carbons (Fsp3) is 0.188. The van der Waals surface area contributed by atoms with Gasteiger partial charge in [0.05, 0.1) is 6.61 Å². The molecule has 0 fully saturated rings. The zero-order valence-corrected chi connectivity index (χ0v) is 10.7. The summed E-state index contributed by atoms with van der Waals surface area (Å²) < 4.78 is 31.7. The van der Waals surface area contributed by atoms with Crippen molar-refractivity contribution < 1.29 is 18.3 Å². The number of ketones is 1. The van der Waals surface area contributed by atoms with Crippen molar-refractivity contribution in [2.75, 3.05) is 6.61 Å². The van der Waals surface area contributed by atoms with Crippen LogP contribution in [0.1, 0.15) is 21.5 Å². The molecule has 0 bridgehead atoms. The maximum atomic E-state index is 13.5. The van der Waals surface area contributed by atoms with Crippen LogP contribution in [0.3, 0.4) is 0 Å². The minimum atomic E-state index is -0.692. The third kappa shape index (κ3) is 2.41. The topological polar surface area (TPSA) is 26.3 Å². The number of hydrogen-bond acceptors (Lipinski definition) is 2. The summed E-state index contributed by atoms with van der Waals surface area (Å²) in [4.78, 5) is 12.1. The summed E-state index contributed by atoms with van der Waals surface area (Å²) >= 11 is 0. The summed E-state index contributed by atoms with van der Waals surface area (Å²) in [5, 5.41) is 0. The maximum absolute atomic E-state index is 13.5. The van der Waals surface area contributed by atoms with Crippen LogP contribution in [-0.4, -0.2) is 12.4 Å². The van der Waals surface area contributed by atoms with Gasteiger partial charge < -0.3 is 4.74 Å². The number of rotatable bonds is 3. The second kappa shape index (κ2) is 5.04. The summed E-state index contributed by atoms with van der Waals surface area (Å²) in [5.41, 5.74) is 1.72. The number of hydrogen-bond donors (Lipinski definition) is 0. The Kier molecular flexibility index (Phi) is 3.22. The van der Waals surface area contributed by atoms with Crippen LogP contribution in [0.5, 0.6) is 5.75 Å². The molecule has 4 heteroatoms. The highest BCUT2D eigenvalue weighted by Gasteiger charge is 2.16. The molecule has 0 spiro atoms. The quantitative estimate of drug-likeness (QED) is 0.802. The predicted molar refractivity (Wildman–Crippen MR) is 70.0 cm³/mol. The Hall–Kier alpha value is -2.23. The van der Waals surface area contributed by atoms with Crippen molar-refractivity contribution in [3.63, 3.8) is 0 Å². The normalized spacial score (nSPS) is 12.9. The van der Waals surface area contributed by atoms with Crippen molar-refractivity contribution in [2.45, 2.75) is 12.8 Å². The van der Waals surface area contributed by atoms with Gasteiger partial charge in [0.2, 0.25) is 0 Å². The van der Waals surface area contributed by atoms with Crippen molar-refractivity contribution in [2.24, 2.45) is 0 Å². The van der Waals surface area contributed by atoms with Crippen molar-refractivity contribution >= 4 is 5.78 Å². The monoisotopic (exact) mass is 274 g/mol. The molecule has 1 aliphatic rings. The van der Waals surface area contributed by atoms with Gasteiger partial charge in [-0.3, -0.25) is 4.79 Å². The Bertz CT molecular complexity index is 680. The lowest BCUT2D eigenvalue weighted by molar-refractivity contribution is 0.0991. The smallest absolute Gasteiger partial charge is 0.167 e. The van der Waals surface area contributed by atoms with Crippen molar-refractivity contribution in [3.05, 3.63) is 64.7 Å². The highest BCUT2D eigenvalue weighted by molar-refractivity contribution is 5.97. The standard InChI is InChI=1S/C16H12F2O2/c17-13-3-1-10(14(18)9-13)8-15(19)11-2-4-16-12(7-11)5-6-20-16/h1-4,7,9H,5-6,8H2. The molecule has 0 saturated carbocycles. The van der Waals surface area contributed by atoms with E-state index in [1.807, 2.05) is 0 Å². The average Bonchev–Trinajstić information content (AvgIpc) is 2.89. The van der Waals surface area contributed by atoms with E-state index in [0.717, 1.165) is 29.9 Å².